The van der Waals surface area contributed by atoms with Crippen LogP contribution >= 0.6 is 0 Å². The van der Waals surface area contributed by atoms with Crippen molar-refractivity contribution in [2.75, 3.05) is 6.61 Å². The van der Waals surface area contributed by atoms with Gasteiger partial charge in [0.25, 0.3) is 0 Å². The molecule has 1 atom stereocenters. The van der Waals surface area contributed by atoms with Gasteiger partial charge in [-0.05, 0) is 31.1 Å². The van der Waals surface area contributed by atoms with Crippen LogP contribution in [0.4, 0.5) is 0 Å². The second kappa shape index (κ2) is 34.0. The van der Waals surface area contributed by atoms with Crippen molar-refractivity contribution in [1.29, 1.82) is 0 Å². The molecule has 0 bridgehead atoms. The zero-order chi connectivity index (χ0) is 30.1. The highest BCUT2D eigenvalue weighted by atomic mass is 16.5. The molecule has 246 valence electrons. The van der Waals surface area contributed by atoms with Gasteiger partial charge in [0.15, 0.2) is 0 Å². The Hall–Kier alpha value is -0.530. The first-order chi connectivity index (χ1) is 20.1. The van der Waals surface area contributed by atoms with Crippen molar-refractivity contribution in [1.82, 2.24) is 0 Å². The summed E-state index contributed by atoms with van der Waals surface area (Å²) < 4.78 is 5.69. The Morgan fingerprint density at radius 1 is 0.439 bits per heavy atom. The average molecular weight is 579 g/mol. The lowest BCUT2D eigenvalue weighted by Gasteiger charge is -2.16. The van der Waals surface area contributed by atoms with E-state index >= 15 is 0 Å². The predicted octanol–water partition coefficient (Wildman–Crippen LogP) is 13.9. The molecule has 1 unspecified atom stereocenters. The van der Waals surface area contributed by atoms with Crippen molar-refractivity contribution in [2.45, 2.75) is 227 Å². The molecule has 0 heterocycles. The summed E-state index contributed by atoms with van der Waals surface area (Å²) in [5.41, 5.74) is 0. The molecule has 0 fully saturated rings. The zero-order valence-corrected chi connectivity index (χ0v) is 29.1. The van der Waals surface area contributed by atoms with Crippen molar-refractivity contribution in [3.63, 3.8) is 0 Å². The number of hydrogen-bond donors (Lipinski definition) is 0. The van der Waals surface area contributed by atoms with E-state index in [-0.39, 0.29) is 5.97 Å². The van der Waals surface area contributed by atoms with Crippen molar-refractivity contribution in [3.8, 4) is 0 Å². The van der Waals surface area contributed by atoms with Crippen LogP contribution in [0.3, 0.4) is 0 Å². The maximum atomic E-state index is 12.6. The zero-order valence-electron chi connectivity index (χ0n) is 29.1. The summed E-state index contributed by atoms with van der Waals surface area (Å²) in [5.74, 6) is 1.43. The molecular weight excluding hydrogens is 500 g/mol. The lowest BCUT2D eigenvalue weighted by atomic mass is 9.91. The standard InChI is InChI=1S/C39H78O2/c1-5-7-9-11-13-15-17-18-20-22-26-30-34-38(33-29-25-21-19-16-14-12-10-8-6-2)36-39(40)41-35-31-27-23-24-28-32-37(3)4/h37-38H,5-36H2,1-4H3. The molecule has 0 aromatic rings. The van der Waals surface area contributed by atoms with Crippen LogP contribution in [0.5, 0.6) is 0 Å². The van der Waals surface area contributed by atoms with Gasteiger partial charge in [0.1, 0.15) is 0 Å². The van der Waals surface area contributed by atoms with Gasteiger partial charge in [0, 0.05) is 6.42 Å². The van der Waals surface area contributed by atoms with Gasteiger partial charge < -0.3 is 4.74 Å². The van der Waals surface area contributed by atoms with E-state index in [4.69, 9.17) is 4.74 Å². The molecule has 0 saturated heterocycles. The lowest BCUT2D eigenvalue weighted by molar-refractivity contribution is -0.145. The quantitative estimate of drug-likeness (QED) is 0.0560. The fourth-order valence-electron chi connectivity index (χ4n) is 6.21. The number of rotatable bonds is 34. The van der Waals surface area contributed by atoms with Gasteiger partial charge in [-0.15, -0.1) is 0 Å². The summed E-state index contributed by atoms with van der Waals surface area (Å²) in [4.78, 5) is 12.6. The van der Waals surface area contributed by atoms with E-state index in [1.807, 2.05) is 0 Å². The second-order valence-corrected chi connectivity index (χ2v) is 13.9. The Labute approximate surface area is 260 Å². The van der Waals surface area contributed by atoms with Crippen LogP contribution in [0.1, 0.15) is 227 Å². The van der Waals surface area contributed by atoms with Gasteiger partial charge in [0.05, 0.1) is 6.61 Å². The SMILES string of the molecule is CCCCCCCCCCCCCCC(CCCCCCCCCCCC)CC(=O)OCCCCCCCC(C)C. The van der Waals surface area contributed by atoms with Crippen LogP contribution in [0.15, 0.2) is 0 Å². The van der Waals surface area contributed by atoms with Gasteiger partial charge in [-0.1, -0.05) is 201 Å². The Balaban J connectivity index is 4.06. The van der Waals surface area contributed by atoms with Gasteiger partial charge >= 0.3 is 5.97 Å². The molecule has 0 rings (SSSR count). The highest BCUT2D eigenvalue weighted by Gasteiger charge is 2.15. The van der Waals surface area contributed by atoms with Crippen LogP contribution in [0.2, 0.25) is 0 Å². The molecule has 0 aromatic heterocycles. The normalized spacial score (nSPS) is 12.3. The second-order valence-electron chi connectivity index (χ2n) is 13.9. The van der Waals surface area contributed by atoms with E-state index in [0.717, 1.165) is 12.3 Å². The molecule has 0 radical (unpaired) electrons. The van der Waals surface area contributed by atoms with Gasteiger partial charge in [-0.25, -0.2) is 0 Å². The number of esters is 1. The minimum atomic E-state index is 0.0702. The molecule has 0 saturated carbocycles. The molecule has 0 N–H and O–H groups in total. The molecule has 0 spiro atoms. The summed E-state index contributed by atoms with van der Waals surface area (Å²) >= 11 is 0. The van der Waals surface area contributed by atoms with E-state index < -0.39 is 0 Å². The van der Waals surface area contributed by atoms with Crippen molar-refractivity contribution >= 4 is 5.97 Å². The maximum Gasteiger partial charge on any atom is 0.306 e. The topological polar surface area (TPSA) is 26.3 Å². The summed E-state index contributed by atoms with van der Waals surface area (Å²) in [6.45, 7) is 9.83. The summed E-state index contributed by atoms with van der Waals surface area (Å²) in [7, 11) is 0. The average Bonchev–Trinajstić information content (AvgIpc) is 2.95. The number of unbranched alkanes of at least 4 members (excludes halogenated alkanes) is 24. The lowest BCUT2D eigenvalue weighted by Crippen LogP contribution is -2.13. The van der Waals surface area contributed by atoms with Gasteiger partial charge in [-0.3, -0.25) is 4.79 Å². The Kier molecular flexibility index (Phi) is 33.5. The third-order valence-electron chi connectivity index (χ3n) is 9.08. The number of carbonyl (C=O) groups is 1. The maximum absolute atomic E-state index is 12.6. The molecular formula is C39H78O2. The van der Waals surface area contributed by atoms with Crippen LogP contribution in [-0.2, 0) is 9.53 Å². The fourth-order valence-corrected chi connectivity index (χ4v) is 6.21. The summed E-state index contributed by atoms with van der Waals surface area (Å²) in [6.07, 6.45) is 41.2. The monoisotopic (exact) mass is 579 g/mol. The third-order valence-corrected chi connectivity index (χ3v) is 9.08. The van der Waals surface area contributed by atoms with Crippen molar-refractivity contribution < 1.29 is 9.53 Å². The fraction of sp³-hybridized carbons (Fsp3) is 0.974. The molecule has 0 aliphatic rings. The molecule has 41 heavy (non-hydrogen) atoms. The first kappa shape index (κ1) is 40.5. The van der Waals surface area contributed by atoms with Crippen LogP contribution < -0.4 is 0 Å². The van der Waals surface area contributed by atoms with E-state index in [2.05, 4.69) is 27.7 Å². The minimum Gasteiger partial charge on any atom is -0.466 e. The van der Waals surface area contributed by atoms with Crippen molar-refractivity contribution in [2.24, 2.45) is 11.8 Å². The largest absolute Gasteiger partial charge is 0.466 e. The van der Waals surface area contributed by atoms with E-state index in [1.54, 1.807) is 0 Å². The molecule has 2 nitrogen and oxygen atoms in total. The summed E-state index contributed by atoms with van der Waals surface area (Å²) in [5, 5.41) is 0. The Morgan fingerprint density at radius 3 is 1.12 bits per heavy atom. The molecule has 0 amide bonds. The highest BCUT2D eigenvalue weighted by Crippen LogP contribution is 2.23. The molecule has 0 aliphatic heterocycles. The van der Waals surface area contributed by atoms with E-state index in [1.165, 1.54) is 186 Å². The van der Waals surface area contributed by atoms with Crippen LogP contribution in [0, 0.1) is 11.8 Å². The number of ether oxygens (including phenoxy) is 1. The number of carbonyl (C=O) groups excluding carboxylic acids is 1. The highest BCUT2D eigenvalue weighted by molar-refractivity contribution is 5.69. The minimum absolute atomic E-state index is 0.0702. The smallest absolute Gasteiger partial charge is 0.306 e. The Morgan fingerprint density at radius 2 is 0.756 bits per heavy atom. The number of hydrogen-bond acceptors (Lipinski definition) is 2. The predicted molar refractivity (Wildman–Crippen MR) is 184 cm³/mol. The summed E-state index contributed by atoms with van der Waals surface area (Å²) in [6, 6.07) is 0. The molecule has 2 heteroatoms. The first-order valence-corrected chi connectivity index (χ1v) is 19.3. The molecule has 0 aromatic carbocycles. The molecule has 0 aliphatic carbocycles. The third kappa shape index (κ3) is 33.8. The Bertz CT molecular complexity index is 500. The van der Waals surface area contributed by atoms with Crippen molar-refractivity contribution in [3.05, 3.63) is 0 Å². The van der Waals surface area contributed by atoms with E-state index in [9.17, 15) is 4.79 Å². The van der Waals surface area contributed by atoms with Gasteiger partial charge in [-0.2, -0.15) is 0 Å². The van der Waals surface area contributed by atoms with Gasteiger partial charge in [0.2, 0.25) is 0 Å². The van der Waals surface area contributed by atoms with Crippen LogP contribution in [-0.4, -0.2) is 12.6 Å². The first-order valence-electron chi connectivity index (χ1n) is 19.3. The van der Waals surface area contributed by atoms with E-state index in [0.29, 0.717) is 18.9 Å². The van der Waals surface area contributed by atoms with Crippen LogP contribution in [0.25, 0.3) is 0 Å².